The van der Waals surface area contributed by atoms with E-state index in [1.165, 1.54) is 11.0 Å². The van der Waals surface area contributed by atoms with Crippen LogP contribution in [0.3, 0.4) is 0 Å². The van der Waals surface area contributed by atoms with Gasteiger partial charge >= 0.3 is 0 Å². The van der Waals surface area contributed by atoms with Crippen LogP contribution < -0.4 is 5.56 Å². The second-order valence-corrected chi connectivity index (χ2v) is 8.54. The van der Waals surface area contributed by atoms with Crippen LogP contribution in [0.4, 0.5) is 8.78 Å². The number of nitrogens with zero attached hydrogens (tertiary/aromatic N) is 5. The van der Waals surface area contributed by atoms with Crippen LogP contribution in [-0.4, -0.2) is 48.9 Å². The van der Waals surface area contributed by atoms with Crippen molar-refractivity contribution in [3.63, 3.8) is 0 Å². The lowest BCUT2D eigenvalue weighted by Crippen LogP contribution is -2.40. The van der Waals surface area contributed by atoms with Crippen molar-refractivity contribution in [2.75, 3.05) is 13.1 Å². The molecule has 2 aromatic heterocycles. The summed E-state index contributed by atoms with van der Waals surface area (Å²) in [4.78, 5) is 34.3. The van der Waals surface area contributed by atoms with Gasteiger partial charge < -0.3 is 9.88 Å². The molecule has 3 heterocycles. The number of amides is 1. The molecule has 0 unspecified atom stereocenters. The van der Waals surface area contributed by atoms with Crippen LogP contribution in [0.25, 0.3) is 11.2 Å². The predicted molar refractivity (Wildman–Crippen MR) is 120 cm³/mol. The van der Waals surface area contributed by atoms with Gasteiger partial charge in [0.15, 0.2) is 11.2 Å². The highest BCUT2D eigenvalue weighted by atomic mass is 19.1. The highest BCUT2D eigenvalue weighted by Gasteiger charge is 2.30. The number of H-pyrrole nitrogens is 1. The molecule has 0 aliphatic carbocycles. The number of fused-ring (bicyclic) bond motifs is 1. The number of aromatic nitrogens is 5. The van der Waals surface area contributed by atoms with E-state index in [4.69, 9.17) is 0 Å². The second kappa shape index (κ2) is 8.77. The van der Waals surface area contributed by atoms with Crippen molar-refractivity contribution in [1.29, 1.82) is 0 Å². The minimum Gasteiger partial charge on any atom is -0.338 e. The Morgan fingerprint density at radius 2 is 1.88 bits per heavy atom. The quantitative estimate of drug-likeness (QED) is 0.501. The first-order valence-electron chi connectivity index (χ1n) is 11.0. The molecule has 8 nitrogen and oxygen atoms in total. The van der Waals surface area contributed by atoms with Gasteiger partial charge in [-0.25, -0.2) is 18.4 Å². The minimum absolute atomic E-state index is 0.132. The van der Waals surface area contributed by atoms with Gasteiger partial charge in [-0.1, -0.05) is 41.1 Å². The highest BCUT2D eigenvalue weighted by molar-refractivity contribution is 5.94. The van der Waals surface area contributed by atoms with Gasteiger partial charge in [-0.2, -0.15) is 0 Å². The van der Waals surface area contributed by atoms with Crippen LogP contribution >= 0.6 is 0 Å². The summed E-state index contributed by atoms with van der Waals surface area (Å²) in [6.07, 6.45) is 1.27. The molecule has 2 aromatic carbocycles. The van der Waals surface area contributed by atoms with E-state index in [0.717, 1.165) is 23.3 Å². The molecule has 1 N–H and O–H groups in total. The van der Waals surface area contributed by atoms with Gasteiger partial charge in [-0.05, 0) is 37.5 Å². The monoisotopic (exact) mass is 464 g/mol. The fourth-order valence-corrected chi connectivity index (χ4v) is 4.29. The van der Waals surface area contributed by atoms with E-state index in [9.17, 15) is 18.4 Å². The number of halogens is 2. The summed E-state index contributed by atoms with van der Waals surface area (Å²) < 4.78 is 29.9. The van der Waals surface area contributed by atoms with Crippen molar-refractivity contribution in [2.24, 2.45) is 0 Å². The molecule has 1 saturated heterocycles. The Bertz CT molecular complexity index is 1410. The maximum atomic E-state index is 14.1. The summed E-state index contributed by atoms with van der Waals surface area (Å²) >= 11 is 0. The van der Waals surface area contributed by atoms with Gasteiger partial charge in [-0.3, -0.25) is 9.59 Å². The first-order chi connectivity index (χ1) is 16.4. The van der Waals surface area contributed by atoms with Crippen molar-refractivity contribution in [3.8, 4) is 0 Å². The van der Waals surface area contributed by atoms with E-state index in [1.54, 1.807) is 4.68 Å². The summed E-state index contributed by atoms with van der Waals surface area (Å²) in [6.45, 7) is 2.94. The van der Waals surface area contributed by atoms with Crippen LogP contribution in [0.5, 0.6) is 0 Å². The number of nitrogens with one attached hydrogen (secondary N) is 1. The Kier molecular flexibility index (Phi) is 5.64. The number of likely N-dealkylation sites (tertiary alicyclic amines) is 1. The largest absolute Gasteiger partial charge is 0.338 e. The molecule has 1 amide bonds. The third-order valence-electron chi connectivity index (χ3n) is 6.12. The van der Waals surface area contributed by atoms with Gasteiger partial charge in [-0.15, -0.1) is 5.10 Å². The molecule has 34 heavy (non-hydrogen) atoms. The number of aromatic amines is 1. The van der Waals surface area contributed by atoms with E-state index in [2.05, 4.69) is 20.3 Å². The van der Waals surface area contributed by atoms with Crippen molar-refractivity contribution in [3.05, 3.63) is 87.0 Å². The van der Waals surface area contributed by atoms with Crippen LogP contribution in [0.1, 0.15) is 46.1 Å². The number of aryl methyl sites for hydroxylation is 1. The molecule has 1 aliphatic heterocycles. The van der Waals surface area contributed by atoms with Crippen LogP contribution in [0, 0.1) is 18.6 Å². The summed E-state index contributed by atoms with van der Waals surface area (Å²) in [6, 6.07) is 11.3. The van der Waals surface area contributed by atoms with E-state index in [-0.39, 0.29) is 18.0 Å². The van der Waals surface area contributed by atoms with Crippen molar-refractivity contribution in [2.45, 2.75) is 32.2 Å². The average molecular weight is 464 g/mol. The lowest BCUT2D eigenvalue weighted by molar-refractivity contribution is 0.0694. The Hall–Kier alpha value is -3.95. The summed E-state index contributed by atoms with van der Waals surface area (Å²) in [5.41, 5.74) is 1.62. The SMILES string of the molecule is Cc1ccc(Cn2nnc3c(=O)[nH]c([C@H]4CCCN(C(=O)c5c(F)cccc5F)C4)nc32)cc1. The number of rotatable bonds is 4. The summed E-state index contributed by atoms with van der Waals surface area (Å²) in [7, 11) is 0. The summed E-state index contributed by atoms with van der Waals surface area (Å²) in [5.74, 6) is -2.41. The number of carbonyl (C=O) groups excluding carboxylic acids is 1. The molecular weight excluding hydrogens is 442 g/mol. The number of hydrogen-bond donors (Lipinski definition) is 1. The third-order valence-corrected chi connectivity index (χ3v) is 6.12. The van der Waals surface area contributed by atoms with Crippen molar-refractivity contribution in [1.82, 2.24) is 29.9 Å². The zero-order chi connectivity index (χ0) is 23.8. The molecule has 10 heteroatoms. The molecule has 0 saturated carbocycles. The Balaban J connectivity index is 1.44. The molecule has 1 fully saturated rings. The summed E-state index contributed by atoms with van der Waals surface area (Å²) in [5, 5.41) is 8.08. The number of piperidine rings is 1. The van der Waals surface area contributed by atoms with Crippen LogP contribution in [0.2, 0.25) is 0 Å². The average Bonchev–Trinajstić information content (AvgIpc) is 3.23. The van der Waals surface area contributed by atoms with E-state index in [0.29, 0.717) is 37.4 Å². The van der Waals surface area contributed by atoms with Crippen LogP contribution in [-0.2, 0) is 6.54 Å². The minimum atomic E-state index is -0.897. The molecule has 0 bridgehead atoms. The highest BCUT2D eigenvalue weighted by Crippen LogP contribution is 2.27. The Morgan fingerprint density at radius 3 is 2.62 bits per heavy atom. The third kappa shape index (κ3) is 4.07. The number of hydrogen-bond acceptors (Lipinski definition) is 5. The molecule has 0 spiro atoms. The molecule has 4 aromatic rings. The number of benzene rings is 2. The standard InChI is InChI=1S/C24H22F2N6O2/c1-14-7-9-15(10-8-14)12-32-22-20(29-30-32)23(33)28-21(27-22)16-4-3-11-31(13-16)24(34)19-17(25)5-2-6-18(19)26/h2,5-10,16H,3-4,11-13H2,1H3,(H,27,28,33)/t16-/m0/s1. The molecule has 174 valence electrons. The second-order valence-electron chi connectivity index (χ2n) is 8.54. The first kappa shape index (κ1) is 21.9. The molecule has 5 rings (SSSR count). The van der Waals surface area contributed by atoms with Gasteiger partial charge in [0.1, 0.15) is 23.0 Å². The number of carbonyl (C=O) groups is 1. The zero-order valence-corrected chi connectivity index (χ0v) is 18.5. The predicted octanol–water partition coefficient (Wildman–Crippen LogP) is 3.17. The van der Waals surface area contributed by atoms with Crippen molar-refractivity contribution < 1.29 is 13.6 Å². The lowest BCUT2D eigenvalue weighted by atomic mass is 9.96. The zero-order valence-electron chi connectivity index (χ0n) is 18.5. The van der Waals surface area contributed by atoms with Gasteiger partial charge in [0.25, 0.3) is 11.5 Å². The lowest BCUT2D eigenvalue weighted by Gasteiger charge is -2.32. The van der Waals surface area contributed by atoms with Gasteiger partial charge in [0.2, 0.25) is 0 Å². The van der Waals surface area contributed by atoms with Crippen LogP contribution in [0.15, 0.2) is 47.3 Å². The molecule has 0 radical (unpaired) electrons. The Labute approximate surface area is 193 Å². The van der Waals surface area contributed by atoms with E-state index < -0.39 is 28.7 Å². The molecule has 1 atom stereocenters. The topological polar surface area (TPSA) is 96.8 Å². The fraction of sp³-hybridized carbons (Fsp3) is 0.292. The van der Waals surface area contributed by atoms with Crippen molar-refractivity contribution >= 4 is 17.1 Å². The first-order valence-corrected chi connectivity index (χ1v) is 11.0. The van der Waals surface area contributed by atoms with Gasteiger partial charge in [0.05, 0.1) is 6.54 Å². The van der Waals surface area contributed by atoms with E-state index >= 15 is 0 Å². The van der Waals surface area contributed by atoms with E-state index in [1.807, 2.05) is 31.2 Å². The molecule has 1 aliphatic rings. The van der Waals surface area contributed by atoms with Gasteiger partial charge in [0, 0.05) is 19.0 Å². The Morgan fingerprint density at radius 1 is 1.15 bits per heavy atom. The molecular formula is C24H22F2N6O2. The fourth-order valence-electron chi connectivity index (χ4n) is 4.29. The maximum absolute atomic E-state index is 14.1. The smallest absolute Gasteiger partial charge is 0.281 e. The maximum Gasteiger partial charge on any atom is 0.281 e. The normalized spacial score (nSPS) is 16.2.